The Morgan fingerprint density at radius 1 is 1.21 bits per heavy atom. The van der Waals surface area contributed by atoms with Gasteiger partial charge in [-0.3, -0.25) is 14.9 Å². The molecule has 6 N–H and O–H groups in total. The summed E-state index contributed by atoms with van der Waals surface area (Å²) in [6, 6.07) is 8.51. The summed E-state index contributed by atoms with van der Waals surface area (Å²) in [5.41, 5.74) is 12.3. The van der Waals surface area contributed by atoms with Crippen molar-refractivity contribution in [3.63, 3.8) is 0 Å². The number of carbonyl (C=O) groups is 1. The Balaban J connectivity index is 2.07. The number of hydrogen-bond donors (Lipinski definition) is 4. The van der Waals surface area contributed by atoms with Crippen LogP contribution in [0.5, 0.6) is 0 Å². The van der Waals surface area contributed by atoms with Crippen LogP contribution in [-0.2, 0) is 0 Å². The zero-order chi connectivity index (χ0) is 20.7. The Morgan fingerprint density at radius 2 is 1.89 bits per heavy atom. The van der Waals surface area contributed by atoms with Crippen LogP contribution in [0.15, 0.2) is 71.6 Å². The van der Waals surface area contributed by atoms with Crippen LogP contribution in [0.3, 0.4) is 0 Å². The fourth-order valence-corrected chi connectivity index (χ4v) is 2.08. The molecule has 1 amide bonds. The molecule has 0 fully saturated rings. The number of anilines is 2. The number of nitro benzene ring substituents is 1. The number of benzene rings is 1. The molecule has 0 aliphatic heterocycles. The van der Waals surface area contributed by atoms with E-state index in [-0.39, 0.29) is 17.2 Å². The number of carbonyl (C=O) groups excluding carboxylic acids is 1. The summed E-state index contributed by atoms with van der Waals surface area (Å²) in [6.45, 7) is 5.56. The summed E-state index contributed by atoms with van der Waals surface area (Å²) in [4.78, 5) is 30.4. The molecule has 1 aromatic heterocycles. The smallest absolute Gasteiger partial charge is 0.269 e. The predicted octanol–water partition coefficient (Wildman–Crippen LogP) is 2.34. The van der Waals surface area contributed by atoms with E-state index in [0.717, 1.165) is 5.57 Å². The normalized spacial score (nSPS) is 10.7. The summed E-state index contributed by atoms with van der Waals surface area (Å²) in [5, 5.41) is 16.3. The van der Waals surface area contributed by atoms with E-state index in [9.17, 15) is 14.9 Å². The number of aliphatic imine (C=N–C) groups is 1. The average Bonchev–Trinajstić information content (AvgIpc) is 2.62. The fourth-order valence-electron chi connectivity index (χ4n) is 2.08. The molecule has 0 spiro atoms. The van der Waals surface area contributed by atoms with Gasteiger partial charge in [-0.25, -0.2) is 4.98 Å². The molecule has 0 radical (unpaired) electrons. The third kappa shape index (κ3) is 5.95. The summed E-state index contributed by atoms with van der Waals surface area (Å²) < 4.78 is 0. The van der Waals surface area contributed by atoms with Crippen LogP contribution in [0.1, 0.15) is 17.3 Å². The second kappa shape index (κ2) is 8.94. The zero-order valence-electron chi connectivity index (χ0n) is 15.0. The van der Waals surface area contributed by atoms with Gasteiger partial charge in [-0.1, -0.05) is 12.2 Å². The number of guanidine groups is 1. The average molecular weight is 381 g/mol. The Kier molecular flexibility index (Phi) is 6.42. The molecule has 0 saturated heterocycles. The van der Waals surface area contributed by atoms with Gasteiger partial charge in [0.2, 0.25) is 0 Å². The van der Waals surface area contributed by atoms with E-state index in [4.69, 9.17) is 11.5 Å². The number of hydrogen-bond acceptors (Lipinski definition) is 6. The van der Waals surface area contributed by atoms with Crippen molar-refractivity contribution >= 4 is 29.1 Å². The molecular formula is C18H19N7O3. The topological polar surface area (TPSA) is 162 Å². The van der Waals surface area contributed by atoms with Gasteiger partial charge < -0.3 is 22.1 Å². The van der Waals surface area contributed by atoms with Gasteiger partial charge in [0.05, 0.1) is 16.8 Å². The summed E-state index contributed by atoms with van der Waals surface area (Å²) in [6.07, 6.45) is 3.14. The van der Waals surface area contributed by atoms with Crippen LogP contribution in [-0.4, -0.2) is 21.8 Å². The Labute approximate surface area is 160 Å². The minimum Gasteiger partial charge on any atom is -0.370 e. The van der Waals surface area contributed by atoms with Gasteiger partial charge in [0.25, 0.3) is 11.6 Å². The maximum atomic E-state index is 12.2. The molecule has 0 unspecified atom stereocenters. The third-order valence-corrected chi connectivity index (χ3v) is 3.25. The van der Waals surface area contributed by atoms with Crippen LogP contribution in [0, 0.1) is 10.1 Å². The standard InChI is InChI=1S/C18H19N7O3/c1-11(2)9-16(24-18(19)20)22-13-5-8-15(21-10-13)23-17(26)12-3-6-14(7-4-12)25(27)28/h3-10,22H,1H2,2H3,(H4,19,20,24)(H,21,23,26)/b16-9-. The van der Waals surface area contributed by atoms with Crippen molar-refractivity contribution in [1.82, 2.24) is 4.98 Å². The van der Waals surface area contributed by atoms with Crippen LogP contribution in [0.2, 0.25) is 0 Å². The van der Waals surface area contributed by atoms with E-state index in [0.29, 0.717) is 17.3 Å². The van der Waals surface area contributed by atoms with Crippen molar-refractivity contribution in [2.24, 2.45) is 16.5 Å². The van der Waals surface area contributed by atoms with E-state index in [1.54, 1.807) is 25.1 Å². The molecule has 1 aromatic carbocycles. The van der Waals surface area contributed by atoms with Crippen molar-refractivity contribution < 1.29 is 9.72 Å². The van der Waals surface area contributed by atoms with Crippen molar-refractivity contribution in [2.45, 2.75) is 6.92 Å². The highest BCUT2D eigenvalue weighted by molar-refractivity contribution is 6.03. The number of allylic oxidation sites excluding steroid dienone is 2. The highest BCUT2D eigenvalue weighted by atomic mass is 16.6. The molecule has 1 heterocycles. The molecule has 10 nitrogen and oxygen atoms in total. The number of nitro groups is 1. The Hall–Kier alpha value is -4.21. The maximum absolute atomic E-state index is 12.2. The van der Waals surface area contributed by atoms with Crippen molar-refractivity contribution in [1.29, 1.82) is 0 Å². The van der Waals surface area contributed by atoms with Crippen LogP contribution in [0.25, 0.3) is 0 Å². The largest absolute Gasteiger partial charge is 0.370 e. The monoisotopic (exact) mass is 381 g/mol. The number of nitrogens with two attached hydrogens (primary N) is 2. The maximum Gasteiger partial charge on any atom is 0.269 e. The van der Waals surface area contributed by atoms with Crippen LogP contribution < -0.4 is 22.1 Å². The molecule has 0 aliphatic rings. The quantitative estimate of drug-likeness (QED) is 0.188. The minimum atomic E-state index is -0.534. The second-order valence-electron chi connectivity index (χ2n) is 5.73. The van der Waals surface area contributed by atoms with E-state index in [1.165, 1.54) is 30.5 Å². The first-order valence-electron chi connectivity index (χ1n) is 8.00. The number of rotatable bonds is 7. The van der Waals surface area contributed by atoms with Crippen molar-refractivity contribution in [2.75, 3.05) is 10.6 Å². The third-order valence-electron chi connectivity index (χ3n) is 3.25. The molecule has 0 atom stereocenters. The lowest BCUT2D eigenvalue weighted by atomic mass is 10.2. The lowest BCUT2D eigenvalue weighted by Crippen LogP contribution is -2.23. The number of aromatic nitrogens is 1. The molecule has 0 saturated carbocycles. The molecular weight excluding hydrogens is 362 g/mol. The molecule has 28 heavy (non-hydrogen) atoms. The fraction of sp³-hybridized carbons (Fsp3) is 0.0556. The van der Waals surface area contributed by atoms with Crippen molar-refractivity contribution in [3.8, 4) is 0 Å². The number of nitrogens with one attached hydrogen (secondary N) is 2. The Bertz CT molecular complexity index is 944. The van der Waals surface area contributed by atoms with Gasteiger partial charge >= 0.3 is 0 Å². The van der Waals surface area contributed by atoms with Gasteiger partial charge in [-0.05, 0) is 37.3 Å². The molecule has 144 valence electrons. The number of nitrogens with zero attached hydrogens (tertiary/aromatic N) is 3. The first-order valence-corrected chi connectivity index (χ1v) is 8.00. The molecule has 0 aliphatic carbocycles. The van der Waals surface area contributed by atoms with E-state index in [2.05, 4.69) is 27.2 Å². The summed E-state index contributed by atoms with van der Waals surface area (Å²) in [7, 11) is 0. The van der Waals surface area contributed by atoms with Gasteiger partial charge in [0.1, 0.15) is 11.6 Å². The van der Waals surface area contributed by atoms with E-state index in [1.807, 2.05) is 0 Å². The first-order chi connectivity index (χ1) is 13.2. The number of pyridine rings is 1. The SMILES string of the molecule is C=C(C)/C=C(\N=C(N)N)Nc1ccc(NC(=O)c2ccc([N+](=O)[O-])cc2)nc1. The number of non-ortho nitro benzene ring substituents is 1. The van der Waals surface area contributed by atoms with Gasteiger partial charge in [0, 0.05) is 17.7 Å². The summed E-state index contributed by atoms with van der Waals surface area (Å²) in [5.74, 6) is 0.143. The number of amides is 1. The Morgan fingerprint density at radius 3 is 2.39 bits per heavy atom. The van der Waals surface area contributed by atoms with Crippen molar-refractivity contribution in [3.05, 3.63) is 82.3 Å². The van der Waals surface area contributed by atoms with Gasteiger partial charge in [-0.2, -0.15) is 4.99 Å². The highest BCUT2D eigenvalue weighted by Crippen LogP contribution is 2.16. The zero-order valence-corrected chi connectivity index (χ0v) is 15.0. The highest BCUT2D eigenvalue weighted by Gasteiger charge is 2.10. The first kappa shape index (κ1) is 20.1. The van der Waals surface area contributed by atoms with Gasteiger partial charge in [-0.15, -0.1) is 0 Å². The van der Waals surface area contributed by atoms with Crippen LogP contribution in [0.4, 0.5) is 17.2 Å². The minimum absolute atomic E-state index is 0.0931. The molecule has 0 bridgehead atoms. The predicted molar refractivity (Wildman–Crippen MR) is 108 cm³/mol. The van der Waals surface area contributed by atoms with Crippen LogP contribution >= 0.6 is 0 Å². The van der Waals surface area contributed by atoms with E-state index >= 15 is 0 Å². The summed E-state index contributed by atoms with van der Waals surface area (Å²) >= 11 is 0. The van der Waals surface area contributed by atoms with E-state index < -0.39 is 10.8 Å². The lowest BCUT2D eigenvalue weighted by Gasteiger charge is -2.09. The molecule has 2 rings (SSSR count). The van der Waals surface area contributed by atoms with Gasteiger partial charge in [0.15, 0.2) is 5.96 Å². The molecule has 10 heteroatoms. The second-order valence-corrected chi connectivity index (χ2v) is 5.73. The lowest BCUT2D eigenvalue weighted by molar-refractivity contribution is -0.384. The molecule has 2 aromatic rings.